The Morgan fingerprint density at radius 3 is 2.79 bits per heavy atom. The summed E-state index contributed by atoms with van der Waals surface area (Å²) in [5.41, 5.74) is -0.881. The van der Waals surface area contributed by atoms with Crippen molar-refractivity contribution in [1.29, 1.82) is 0 Å². The van der Waals surface area contributed by atoms with Crippen molar-refractivity contribution in [2.24, 2.45) is 0 Å². The Labute approximate surface area is 82.7 Å². The lowest BCUT2D eigenvalue weighted by Gasteiger charge is -2.01. The monoisotopic (exact) mass is 211 g/mol. The van der Waals surface area contributed by atoms with Gasteiger partial charge in [-0.1, -0.05) is 17.7 Å². The van der Waals surface area contributed by atoms with E-state index >= 15 is 0 Å². The molecule has 0 amide bonds. The van der Waals surface area contributed by atoms with E-state index < -0.39 is 11.2 Å². The molecule has 0 saturated heterocycles. The number of H-pyrrole nitrogens is 1. The molecule has 72 valence electrons. The summed E-state index contributed by atoms with van der Waals surface area (Å²) in [7, 11) is 0. The normalized spacial score (nSPS) is 10.6. The number of nitrogens with zero attached hydrogens (tertiary/aromatic N) is 1. The van der Waals surface area contributed by atoms with Crippen LogP contribution in [0.25, 0.3) is 10.9 Å². The molecule has 0 aliphatic heterocycles. The summed E-state index contributed by atoms with van der Waals surface area (Å²) in [6, 6.07) is 4.79. The van der Waals surface area contributed by atoms with E-state index in [1.165, 1.54) is 0 Å². The minimum atomic E-state index is -0.662. The van der Waals surface area contributed by atoms with E-state index in [2.05, 4.69) is 4.98 Å². The van der Waals surface area contributed by atoms with Gasteiger partial charge in [-0.3, -0.25) is 4.79 Å². The fourth-order valence-corrected chi connectivity index (χ4v) is 1.49. The number of aromatic nitrogens is 2. The number of nitrogens with two attached hydrogens (primary N) is 1. The lowest BCUT2D eigenvalue weighted by Crippen LogP contribution is -2.40. The Morgan fingerprint density at radius 1 is 1.36 bits per heavy atom. The van der Waals surface area contributed by atoms with Gasteiger partial charge in [-0.05, 0) is 12.1 Å². The van der Waals surface area contributed by atoms with Crippen LogP contribution < -0.4 is 17.1 Å². The van der Waals surface area contributed by atoms with Gasteiger partial charge in [-0.2, -0.15) is 4.68 Å². The Balaban J connectivity index is 3.15. The molecule has 0 fully saturated rings. The Hall–Kier alpha value is -1.75. The molecule has 0 spiro atoms. The van der Waals surface area contributed by atoms with Crippen LogP contribution in [0.5, 0.6) is 0 Å². The lowest BCUT2D eigenvalue weighted by molar-refractivity contribution is 0.856. The number of nitrogens with one attached hydrogen (secondary N) is 1. The molecule has 2 aromatic rings. The van der Waals surface area contributed by atoms with Gasteiger partial charge in [0.15, 0.2) is 0 Å². The fourth-order valence-electron chi connectivity index (χ4n) is 1.23. The number of rotatable bonds is 0. The summed E-state index contributed by atoms with van der Waals surface area (Å²) in [5.74, 6) is 5.22. The van der Waals surface area contributed by atoms with Crippen molar-refractivity contribution in [1.82, 2.24) is 9.66 Å². The maximum absolute atomic E-state index is 11.5. The molecular formula is C8H6ClN3O2. The van der Waals surface area contributed by atoms with Gasteiger partial charge in [0, 0.05) is 0 Å². The predicted molar refractivity (Wildman–Crippen MR) is 54.0 cm³/mol. The number of hydrogen-bond donors (Lipinski definition) is 2. The van der Waals surface area contributed by atoms with E-state index in [1.807, 2.05) is 0 Å². The molecule has 0 unspecified atom stereocenters. The van der Waals surface area contributed by atoms with Crippen molar-refractivity contribution in [3.05, 3.63) is 44.1 Å². The molecular weight excluding hydrogens is 206 g/mol. The van der Waals surface area contributed by atoms with Crippen LogP contribution in [-0.2, 0) is 0 Å². The summed E-state index contributed by atoms with van der Waals surface area (Å²) in [4.78, 5) is 25.0. The van der Waals surface area contributed by atoms with Crippen molar-refractivity contribution in [2.45, 2.75) is 0 Å². The van der Waals surface area contributed by atoms with Gasteiger partial charge in [0.2, 0.25) is 0 Å². The lowest BCUT2D eigenvalue weighted by atomic mass is 10.2. The molecule has 0 saturated carbocycles. The van der Waals surface area contributed by atoms with E-state index in [-0.39, 0.29) is 10.4 Å². The van der Waals surface area contributed by atoms with Gasteiger partial charge in [0.1, 0.15) is 0 Å². The van der Waals surface area contributed by atoms with Gasteiger partial charge in [0.05, 0.1) is 15.9 Å². The Morgan fingerprint density at radius 2 is 2.07 bits per heavy atom. The number of benzene rings is 1. The summed E-state index contributed by atoms with van der Waals surface area (Å²) in [5, 5.41) is 0.485. The average Bonchev–Trinajstić information content (AvgIpc) is 2.14. The molecule has 0 radical (unpaired) electrons. The van der Waals surface area contributed by atoms with Crippen LogP contribution in [0.4, 0.5) is 0 Å². The fraction of sp³-hybridized carbons (Fsp3) is 0. The zero-order valence-corrected chi connectivity index (χ0v) is 7.71. The zero-order chi connectivity index (χ0) is 10.3. The summed E-state index contributed by atoms with van der Waals surface area (Å²) in [6.45, 7) is 0. The second kappa shape index (κ2) is 2.88. The molecule has 0 bridgehead atoms. The van der Waals surface area contributed by atoms with Crippen LogP contribution in [0.1, 0.15) is 0 Å². The van der Waals surface area contributed by atoms with Crippen molar-refractivity contribution < 1.29 is 0 Å². The summed E-state index contributed by atoms with van der Waals surface area (Å²) < 4.78 is 0.494. The van der Waals surface area contributed by atoms with Crippen LogP contribution in [0.15, 0.2) is 27.8 Å². The number of nitrogen functional groups attached to an aromatic ring is 1. The molecule has 5 nitrogen and oxygen atoms in total. The van der Waals surface area contributed by atoms with Crippen LogP contribution in [0.3, 0.4) is 0 Å². The quantitative estimate of drug-likeness (QED) is 0.605. The molecule has 3 N–H and O–H groups in total. The maximum atomic E-state index is 11.5. The minimum absolute atomic E-state index is 0.219. The van der Waals surface area contributed by atoms with Gasteiger partial charge in [0.25, 0.3) is 5.56 Å². The van der Waals surface area contributed by atoms with E-state index in [9.17, 15) is 9.59 Å². The minimum Gasteiger partial charge on any atom is -0.332 e. The van der Waals surface area contributed by atoms with E-state index in [4.69, 9.17) is 17.4 Å². The predicted octanol–water partition coefficient (Wildman–Crippen LogP) is 0.0570. The molecule has 6 heteroatoms. The SMILES string of the molecule is Nn1c(=O)[nH]c2cccc(Cl)c2c1=O. The Kier molecular flexibility index (Phi) is 1.82. The van der Waals surface area contributed by atoms with Gasteiger partial charge in [-0.15, -0.1) is 0 Å². The average molecular weight is 212 g/mol. The van der Waals surface area contributed by atoms with Crippen molar-refractivity contribution in [3.8, 4) is 0 Å². The van der Waals surface area contributed by atoms with E-state index in [0.717, 1.165) is 0 Å². The molecule has 0 aliphatic carbocycles. The Bertz CT molecular complexity index is 614. The first-order valence-electron chi connectivity index (χ1n) is 3.80. The third-order valence-corrected chi connectivity index (χ3v) is 2.22. The highest BCUT2D eigenvalue weighted by atomic mass is 35.5. The van der Waals surface area contributed by atoms with Crippen molar-refractivity contribution >= 4 is 22.5 Å². The molecule has 2 rings (SSSR count). The molecule has 0 atom stereocenters. The molecule has 1 heterocycles. The van der Waals surface area contributed by atoms with Crippen molar-refractivity contribution in [2.75, 3.05) is 5.84 Å². The molecule has 1 aromatic carbocycles. The smallest absolute Gasteiger partial charge is 0.332 e. The van der Waals surface area contributed by atoms with Crippen LogP contribution >= 0.6 is 11.6 Å². The number of fused-ring (bicyclic) bond motifs is 1. The van der Waals surface area contributed by atoms with Crippen LogP contribution in [0, 0.1) is 0 Å². The van der Waals surface area contributed by atoms with Crippen LogP contribution in [0.2, 0.25) is 5.02 Å². The molecule has 0 aliphatic rings. The maximum Gasteiger partial charge on any atom is 0.347 e. The third-order valence-electron chi connectivity index (χ3n) is 1.91. The first-order valence-corrected chi connectivity index (χ1v) is 4.17. The van der Waals surface area contributed by atoms with E-state index in [1.54, 1.807) is 18.2 Å². The van der Waals surface area contributed by atoms with Crippen molar-refractivity contribution in [3.63, 3.8) is 0 Å². The number of halogens is 1. The molecule has 1 aromatic heterocycles. The highest BCUT2D eigenvalue weighted by molar-refractivity contribution is 6.35. The van der Waals surface area contributed by atoms with Gasteiger partial charge >= 0.3 is 5.69 Å². The number of hydrogen-bond acceptors (Lipinski definition) is 3. The topological polar surface area (TPSA) is 80.9 Å². The summed E-state index contributed by atoms with van der Waals surface area (Å²) >= 11 is 5.80. The standard InChI is InChI=1S/C8H6ClN3O2/c9-4-2-1-3-5-6(4)7(13)12(10)8(14)11-5/h1-3H,10H2,(H,11,14). The first-order chi connectivity index (χ1) is 6.61. The highest BCUT2D eigenvalue weighted by Gasteiger charge is 2.07. The van der Waals surface area contributed by atoms with Gasteiger partial charge in [-0.25, -0.2) is 4.79 Å². The van der Waals surface area contributed by atoms with E-state index in [0.29, 0.717) is 10.2 Å². The largest absolute Gasteiger partial charge is 0.347 e. The van der Waals surface area contributed by atoms with Gasteiger partial charge < -0.3 is 10.8 Å². The number of aromatic amines is 1. The highest BCUT2D eigenvalue weighted by Crippen LogP contribution is 2.16. The summed E-state index contributed by atoms with van der Waals surface area (Å²) in [6.07, 6.45) is 0. The first kappa shape index (κ1) is 8.83. The second-order valence-electron chi connectivity index (χ2n) is 2.77. The van der Waals surface area contributed by atoms with Crippen LogP contribution in [-0.4, -0.2) is 9.66 Å². The second-order valence-corrected chi connectivity index (χ2v) is 3.17. The third kappa shape index (κ3) is 1.10. The molecule has 14 heavy (non-hydrogen) atoms. The zero-order valence-electron chi connectivity index (χ0n) is 6.95.